The third-order valence-electron chi connectivity index (χ3n) is 3.38. The Labute approximate surface area is 146 Å². The number of hydrogen-bond acceptors (Lipinski definition) is 4. The maximum atomic E-state index is 12.4. The Kier molecular flexibility index (Phi) is 5.99. The maximum absolute atomic E-state index is 12.4. The number of rotatable bonds is 6. The van der Waals surface area contributed by atoms with Gasteiger partial charge in [-0.2, -0.15) is 0 Å². The first-order valence-corrected chi connectivity index (χ1v) is 9.24. The lowest BCUT2D eigenvalue weighted by molar-refractivity contribution is 0.0526. The molecule has 1 atom stereocenters. The highest BCUT2D eigenvalue weighted by Gasteiger charge is 2.19. The average molecular weight is 368 g/mol. The smallest absolute Gasteiger partial charge is 0.338 e. The van der Waals surface area contributed by atoms with E-state index in [0.29, 0.717) is 10.6 Å². The van der Waals surface area contributed by atoms with Gasteiger partial charge in [0.25, 0.3) is 0 Å². The second kappa shape index (κ2) is 7.79. The van der Waals surface area contributed by atoms with E-state index in [1.807, 2.05) is 0 Å². The van der Waals surface area contributed by atoms with E-state index < -0.39 is 22.0 Å². The minimum Gasteiger partial charge on any atom is -0.462 e. The third kappa shape index (κ3) is 4.56. The molecule has 128 valence electrons. The van der Waals surface area contributed by atoms with E-state index >= 15 is 0 Å². The van der Waals surface area contributed by atoms with E-state index in [1.165, 1.54) is 24.3 Å². The first kappa shape index (κ1) is 18.4. The Morgan fingerprint density at radius 1 is 1.12 bits per heavy atom. The Morgan fingerprint density at radius 3 is 2.25 bits per heavy atom. The van der Waals surface area contributed by atoms with Crippen molar-refractivity contribution in [3.63, 3.8) is 0 Å². The molecular weight excluding hydrogens is 350 g/mol. The number of carbonyl (C=O) groups is 1. The number of carbonyl (C=O) groups excluding carboxylic acids is 1. The van der Waals surface area contributed by atoms with Crippen LogP contribution in [0.25, 0.3) is 0 Å². The predicted molar refractivity (Wildman–Crippen MR) is 92.6 cm³/mol. The van der Waals surface area contributed by atoms with Gasteiger partial charge in [-0.25, -0.2) is 17.9 Å². The minimum atomic E-state index is -3.71. The normalized spacial score (nSPS) is 12.6. The van der Waals surface area contributed by atoms with Gasteiger partial charge in [0, 0.05) is 11.1 Å². The van der Waals surface area contributed by atoms with Crippen LogP contribution in [0.15, 0.2) is 53.4 Å². The van der Waals surface area contributed by atoms with Crippen molar-refractivity contribution in [3.05, 3.63) is 64.7 Å². The van der Waals surface area contributed by atoms with Crippen molar-refractivity contribution >= 4 is 27.6 Å². The zero-order chi connectivity index (χ0) is 17.7. The van der Waals surface area contributed by atoms with Gasteiger partial charge < -0.3 is 4.74 Å². The van der Waals surface area contributed by atoms with Crippen LogP contribution >= 0.6 is 11.6 Å². The summed E-state index contributed by atoms with van der Waals surface area (Å²) in [4.78, 5) is 11.7. The largest absolute Gasteiger partial charge is 0.462 e. The highest BCUT2D eigenvalue weighted by Crippen LogP contribution is 2.19. The predicted octanol–water partition coefficient (Wildman–Crippen LogP) is 3.56. The number of benzene rings is 2. The summed E-state index contributed by atoms with van der Waals surface area (Å²) < 4.78 is 32.3. The summed E-state index contributed by atoms with van der Waals surface area (Å²) in [7, 11) is -3.71. The zero-order valence-electron chi connectivity index (χ0n) is 13.3. The Balaban J connectivity index is 2.15. The molecule has 0 spiro atoms. The van der Waals surface area contributed by atoms with Crippen LogP contribution in [-0.2, 0) is 14.8 Å². The molecule has 2 rings (SSSR count). The molecule has 0 heterocycles. The van der Waals surface area contributed by atoms with E-state index in [1.54, 1.807) is 38.1 Å². The molecule has 2 aromatic carbocycles. The summed E-state index contributed by atoms with van der Waals surface area (Å²) >= 11 is 5.83. The molecule has 24 heavy (non-hydrogen) atoms. The number of halogens is 1. The van der Waals surface area contributed by atoms with Gasteiger partial charge in [-0.15, -0.1) is 0 Å². The van der Waals surface area contributed by atoms with Crippen molar-refractivity contribution in [3.8, 4) is 0 Å². The molecule has 1 N–H and O–H groups in total. The van der Waals surface area contributed by atoms with Gasteiger partial charge in [0.15, 0.2) is 0 Å². The first-order chi connectivity index (χ1) is 11.3. The van der Waals surface area contributed by atoms with Crippen molar-refractivity contribution in [1.29, 1.82) is 0 Å². The summed E-state index contributed by atoms with van der Waals surface area (Å²) in [5.74, 6) is -0.482. The molecule has 0 aromatic heterocycles. The quantitative estimate of drug-likeness (QED) is 0.792. The van der Waals surface area contributed by atoms with Crippen LogP contribution in [0.3, 0.4) is 0 Å². The molecule has 0 aliphatic rings. The second-order valence-electron chi connectivity index (χ2n) is 5.14. The van der Waals surface area contributed by atoms with Gasteiger partial charge in [0.05, 0.1) is 17.1 Å². The van der Waals surface area contributed by atoms with E-state index in [-0.39, 0.29) is 11.5 Å². The third-order valence-corrected chi connectivity index (χ3v) is 5.19. The van der Waals surface area contributed by atoms with Crippen molar-refractivity contribution in [2.75, 3.05) is 6.61 Å². The van der Waals surface area contributed by atoms with Gasteiger partial charge in [-0.05, 0) is 55.8 Å². The summed E-state index contributed by atoms with van der Waals surface area (Å²) in [5, 5.41) is 0.586. The van der Waals surface area contributed by atoms with Crippen LogP contribution in [0, 0.1) is 0 Å². The van der Waals surface area contributed by atoms with Crippen LogP contribution in [0.4, 0.5) is 0 Å². The summed E-state index contributed by atoms with van der Waals surface area (Å²) in [6.07, 6.45) is 0. The molecule has 5 nitrogen and oxygen atoms in total. The Bertz CT molecular complexity index is 801. The molecule has 0 fully saturated rings. The molecule has 0 radical (unpaired) electrons. The fourth-order valence-corrected chi connectivity index (χ4v) is 3.46. The van der Waals surface area contributed by atoms with Gasteiger partial charge in [-0.1, -0.05) is 23.7 Å². The summed E-state index contributed by atoms with van der Waals surface area (Å²) in [6.45, 7) is 3.71. The number of sulfonamides is 1. The summed E-state index contributed by atoms with van der Waals surface area (Å²) in [5.41, 5.74) is 1.10. The standard InChI is InChI=1S/C17H18ClNO4S/c1-3-23-17(20)14-6-10-16(11-7-14)24(21,22)19-12(2)13-4-8-15(18)9-5-13/h4-12,19H,3H2,1-2H3. The molecule has 1 unspecified atom stereocenters. The fraction of sp³-hybridized carbons (Fsp3) is 0.235. The molecule has 2 aromatic rings. The van der Waals surface area contributed by atoms with Gasteiger partial charge >= 0.3 is 5.97 Å². The van der Waals surface area contributed by atoms with Crippen molar-refractivity contribution < 1.29 is 17.9 Å². The lowest BCUT2D eigenvalue weighted by Gasteiger charge is -2.15. The number of nitrogens with one attached hydrogen (secondary N) is 1. The molecule has 0 bridgehead atoms. The monoisotopic (exact) mass is 367 g/mol. The first-order valence-electron chi connectivity index (χ1n) is 7.38. The average Bonchev–Trinajstić information content (AvgIpc) is 2.55. The Hall–Kier alpha value is -1.89. The number of ether oxygens (including phenoxy) is 1. The highest BCUT2D eigenvalue weighted by molar-refractivity contribution is 7.89. The van der Waals surface area contributed by atoms with Gasteiger partial charge in [-0.3, -0.25) is 0 Å². The maximum Gasteiger partial charge on any atom is 0.338 e. The fourth-order valence-electron chi connectivity index (χ4n) is 2.10. The van der Waals surface area contributed by atoms with Crippen LogP contribution in [-0.4, -0.2) is 21.0 Å². The molecular formula is C17H18ClNO4S. The number of esters is 1. The lowest BCUT2D eigenvalue weighted by Crippen LogP contribution is -2.26. The SMILES string of the molecule is CCOC(=O)c1ccc(S(=O)(=O)NC(C)c2ccc(Cl)cc2)cc1. The zero-order valence-corrected chi connectivity index (χ0v) is 14.9. The van der Waals surface area contributed by atoms with Gasteiger partial charge in [0.2, 0.25) is 10.0 Å². The van der Waals surface area contributed by atoms with Crippen LogP contribution < -0.4 is 4.72 Å². The van der Waals surface area contributed by atoms with E-state index in [4.69, 9.17) is 16.3 Å². The second-order valence-corrected chi connectivity index (χ2v) is 7.29. The topological polar surface area (TPSA) is 72.5 Å². The molecule has 0 aliphatic carbocycles. The number of hydrogen-bond donors (Lipinski definition) is 1. The van der Waals surface area contributed by atoms with Crippen molar-refractivity contribution in [2.45, 2.75) is 24.8 Å². The Morgan fingerprint density at radius 2 is 1.71 bits per heavy atom. The molecule has 0 aliphatic heterocycles. The molecule has 0 saturated heterocycles. The molecule has 0 saturated carbocycles. The van der Waals surface area contributed by atoms with Crippen LogP contribution in [0.5, 0.6) is 0 Å². The van der Waals surface area contributed by atoms with E-state index in [2.05, 4.69) is 4.72 Å². The molecule has 7 heteroatoms. The van der Waals surface area contributed by atoms with Crippen LogP contribution in [0.2, 0.25) is 5.02 Å². The minimum absolute atomic E-state index is 0.0800. The van der Waals surface area contributed by atoms with Crippen LogP contribution in [0.1, 0.15) is 35.8 Å². The lowest BCUT2D eigenvalue weighted by atomic mass is 10.1. The highest BCUT2D eigenvalue weighted by atomic mass is 35.5. The van der Waals surface area contributed by atoms with Crippen molar-refractivity contribution in [1.82, 2.24) is 4.72 Å². The van der Waals surface area contributed by atoms with E-state index in [0.717, 1.165) is 5.56 Å². The summed E-state index contributed by atoms with van der Waals surface area (Å²) in [6, 6.07) is 12.1. The van der Waals surface area contributed by atoms with Crippen molar-refractivity contribution in [2.24, 2.45) is 0 Å². The molecule has 0 amide bonds. The van der Waals surface area contributed by atoms with E-state index in [9.17, 15) is 13.2 Å². The van der Waals surface area contributed by atoms with Gasteiger partial charge in [0.1, 0.15) is 0 Å².